The van der Waals surface area contributed by atoms with E-state index in [-0.39, 0.29) is 11.7 Å². The van der Waals surface area contributed by atoms with Gasteiger partial charge in [0.2, 0.25) is 5.91 Å². The first-order valence-electron chi connectivity index (χ1n) is 6.40. The minimum absolute atomic E-state index is 0.199. The van der Waals surface area contributed by atoms with E-state index in [1.807, 2.05) is 31.2 Å². The normalized spacial score (nSPS) is 10.7. The molecule has 0 fully saturated rings. The Kier molecular flexibility index (Phi) is 4.66. The molecule has 0 heterocycles. The van der Waals surface area contributed by atoms with Crippen LogP contribution in [0.3, 0.4) is 0 Å². The van der Waals surface area contributed by atoms with Crippen molar-refractivity contribution in [2.75, 3.05) is 0 Å². The molecule has 0 aromatic heterocycles. The van der Waals surface area contributed by atoms with Crippen LogP contribution < -0.4 is 5.32 Å². The Hall–Kier alpha value is -2.42. The van der Waals surface area contributed by atoms with Gasteiger partial charge in [-0.2, -0.15) is 0 Å². The van der Waals surface area contributed by atoms with Gasteiger partial charge in [0.25, 0.3) is 0 Å². The fourth-order valence-electron chi connectivity index (χ4n) is 1.74. The monoisotopic (exact) mass is 269 g/mol. The number of carbonyl (C=O) groups is 1. The summed E-state index contributed by atoms with van der Waals surface area (Å²) in [5, 5.41) is 2.78. The van der Waals surface area contributed by atoms with Gasteiger partial charge in [0.1, 0.15) is 5.82 Å². The lowest BCUT2D eigenvalue weighted by Crippen LogP contribution is -2.20. The van der Waals surface area contributed by atoms with Gasteiger partial charge < -0.3 is 5.32 Å². The number of hydrogen-bond donors (Lipinski definition) is 1. The van der Waals surface area contributed by atoms with Crippen molar-refractivity contribution in [2.45, 2.75) is 13.5 Å². The van der Waals surface area contributed by atoms with Crippen molar-refractivity contribution in [1.29, 1.82) is 0 Å². The van der Waals surface area contributed by atoms with Crippen LogP contribution in [0.4, 0.5) is 4.39 Å². The number of rotatable bonds is 4. The highest BCUT2D eigenvalue weighted by Crippen LogP contribution is 2.05. The summed E-state index contributed by atoms with van der Waals surface area (Å²) in [7, 11) is 0. The van der Waals surface area contributed by atoms with Crippen molar-refractivity contribution in [3.05, 3.63) is 77.1 Å². The second-order valence-corrected chi connectivity index (χ2v) is 4.59. The third-order valence-corrected chi connectivity index (χ3v) is 2.86. The molecule has 20 heavy (non-hydrogen) atoms. The number of aryl methyl sites for hydroxylation is 1. The van der Waals surface area contributed by atoms with E-state index in [0.717, 1.165) is 5.56 Å². The fourth-order valence-corrected chi connectivity index (χ4v) is 1.74. The molecule has 0 aliphatic rings. The van der Waals surface area contributed by atoms with Gasteiger partial charge in [-0.05, 0) is 36.3 Å². The SMILES string of the molecule is Cc1ccc(CNC(=O)C=Cc2cccc(F)c2)cc1. The van der Waals surface area contributed by atoms with Gasteiger partial charge in [0.05, 0.1) is 0 Å². The minimum atomic E-state index is -0.313. The molecule has 0 spiro atoms. The van der Waals surface area contributed by atoms with Crippen molar-refractivity contribution in [2.24, 2.45) is 0 Å². The first-order chi connectivity index (χ1) is 9.63. The topological polar surface area (TPSA) is 29.1 Å². The summed E-state index contributed by atoms with van der Waals surface area (Å²) in [5.41, 5.74) is 2.89. The molecule has 0 bridgehead atoms. The van der Waals surface area contributed by atoms with Gasteiger partial charge >= 0.3 is 0 Å². The second kappa shape index (κ2) is 6.66. The predicted molar refractivity (Wildman–Crippen MR) is 78.5 cm³/mol. The lowest BCUT2D eigenvalue weighted by molar-refractivity contribution is -0.116. The Bertz CT molecular complexity index is 617. The molecule has 0 aliphatic heterocycles. The molecule has 0 radical (unpaired) electrons. The molecule has 0 unspecified atom stereocenters. The average molecular weight is 269 g/mol. The summed E-state index contributed by atoms with van der Waals surface area (Å²) >= 11 is 0. The first kappa shape index (κ1) is 14.0. The van der Waals surface area contributed by atoms with Crippen LogP contribution in [0, 0.1) is 12.7 Å². The van der Waals surface area contributed by atoms with Crippen LogP contribution in [0.1, 0.15) is 16.7 Å². The summed E-state index contributed by atoms with van der Waals surface area (Å²) in [6.07, 6.45) is 3.00. The van der Waals surface area contributed by atoms with Crippen LogP contribution in [0.15, 0.2) is 54.6 Å². The van der Waals surface area contributed by atoms with E-state index in [2.05, 4.69) is 5.32 Å². The molecule has 2 nitrogen and oxygen atoms in total. The Morgan fingerprint density at radius 1 is 1.20 bits per heavy atom. The Balaban J connectivity index is 1.88. The van der Waals surface area contributed by atoms with Crippen molar-refractivity contribution >= 4 is 12.0 Å². The Morgan fingerprint density at radius 2 is 1.95 bits per heavy atom. The molecule has 0 saturated heterocycles. The molecular weight excluding hydrogens is 253 g/mol. The zero-order valence-corrected chi connectivity index (χ0v) is 11.3. The maximum atomic E-state index is 13.0. The second-order valence-electron chi connectivity index (χ2n) is 4.59. The van der Waals surface area contributed by atoms with Crippen molar-refractivity contribution in [1.82, 2.24) is 5.32 Å². The van der Waals surface area contributed by atoms with Crippen LogP contribution in [-0.4, -0.2) is 5.91 Å². The molecule has 1 N–H and O–H groups in total. The number of carbonyl (C=O) groups excluding carboxylic acids is 1. The lowest BCUT2D eigenvalue weighted by atomic mass is 10.1. The van der Waals surface area contributed by atoms with Crippen LogP contribution >= 0.6 is 0 Å². The molecule has 2 aromatic rings. The van der Waals surface area contributed by atoms with E-state index in [0.29, 0.717) is 12.1 Å². The Morgan fingerprint density at radius 3 is 2.65 bits per heavy atom. The third kappa shape index (κ3) is 4.35. The van der Waals surface area contributed by atoms with Crippen LogP contribution in [-0.2, 0) is 11.3 Å². The third-order valence-electron chi connectivity index (χ3n) is 2.86. The number of hydrogen-bond acceptors (Lipinski definition) is 1. The average Bonchev–Trinajstić information content (AvgIpc) is 2.45. The highest BCUT2D eigenvalue weighted by molar-refractivity contribution is 5.91. The summed E-state index contributed by atoms with van der Waals surface area (Å²) in [6.45, 7) is 2.50. The molecule has 102 valence electrons. The molecule has 3 heteroatoms. The van der Waals surface area contributed by atoms with Gasteiger partial charge in [-0.25, -0.2) is 4.39 Å². The van der Waals surface area contributed by atoms with Crippen LogP contribution in [0.5, 0.6) is 0 Å². The van der Waals surface area contributed by atoms with Crippen LogP contribution in [0.2, 0.25) is 0 Å². The quantitative estimate of drug-likeness (QED) is 0.846. The molecule has 1 amide bonds. The van der Waals surface area contributed by atoms with E-state index in [1.54, 1.807) is 18.2 Å². The minimum Gasteiger partial charge on any atom is -0.348 e. The van der Waals surface area contributed by atoms with Crippen molar-refractivity contribution in [3.63, 3.8) is 0 Å². The molecule has 0 atom stereocenters. The number of halogens is 1. The summed E-state index contributed by atoms with van der Waals surface area (Å²) < 4.78 is 13.0. The molecule has 0 saturated carbocycles. The van der Waals surface area contributed by atoms with Gasteiger partial charge in [-0.15, -0.1) is 0 Å². The van der Waals surface area contributed by atoms with Crippen molar-refractivity contribution in [3.8, 4) is 0 Å². The Labute approximate surface area is 118 Å². The highest BCUT2D eigenvalue weighted by Gasteiger charge is 1.97. The summed E-state index contributed by atoms with van der Waals surface area (Å²) in [5.74, 6) is -0.512. The largest absolute Gasteiger partial charge is 0.348 e. The van der Waals surface area contributed by atoms with Gasteiger partial charge in [0, 0.05) is 12.6 Å². The zero-order valence-electron chi connectivity index (χ0n) is 11.3. The number of benzene rings is 2. The molecular formula is C17H16FNO. The first-order valence-corrected chi connectivity index (χ1v) is 6.40. The molecule has 0 aliphatic carbocycles. The highest BCUT2D eigenvalue weighted by atomic mass is 19.1. The van der Waals surface area contributed by atoms with E-state index >= 15 is 0 Å². The van der Waals surface area contributed by atoms with Crippen LogP contribution in [0.25, 0.3) is 6.08 Å². The van der Waals surface area contributed by atoms with E-state index in [4.69, 9.17) is 0 Å². The lowest BCUT2D eigenvalue weighted by Gasteiger charge is -2.03. The van der Waals surface area contributed by atoms with E-state index in [1.165, 1.54) is 23.8 Å². The summed E-state index contributed by atoms with van der Waals surface area (Å²) in [6, 6.07) is 14.1. The standard InChI is InChI=1S/C17H16FNO/c1-13-5-7-15(8-6-13)12-19-17(20)10-9-14-3-2-4-16(18)11-14/h2-11H,12H2,1H3,(H,19,20). The van der Waals surface area contributed by atoms with Crippen molar-refractivity contribution < 1.29 is 9.18 Å². The van der Waals surface area contributed by atoms with Gasteiger partial charge in [0.15, 0.2) is 0 Å². The maximum absolute atomic E-state index is 13.0. The zero-order chi connectivity index (χ0) is 14.4. The molecule has 2 aromatic carbocycles. The smallest absolute Gasteiger partial charge is 0.244 e. The fraction of sp³-hybridized carbons (Fsp3) is 0.118. The number of amides is 1. The van der Waals surface area contributed by atoms with E-state index in [9.17, 15) is 9.18 Å². The predicted octanol–water partition coefficient (Wildman–Crippen LogP) is 3.46. The number of nitrogens with one attached hydrogen (secondary N) is 1. The maximum Gasteiger partial charge on any atom is 0.244 e. The summed E-state index contributed by atoms with van der Waals surface area (Å²) in [4.78, 5) is 11.6. The van der Waals surface area contributed by atoms with Gasteiger partial charge in [-0.1, -0.05) is 42.0 Å². The van der Waals surface area contributed by atoms with Gasteiger partial charge in [-0.3, -0.25) is 4.79 Å². The van der Waals surface area contributed by atoms with E-state index < -0.39 is 0 Å². The molecule has 2 rings (SSSR count).